The second-order valence-corrected chi connectivity index (χ2v) is 5.56. The molecule has 0 fully saturated rings. The van der Waals surface area contributed by atoms with Crippen LogP contribution in [0.1, 0.15) is 27.7 Å². The molecule has 0 saturated carbocycles. The zero-order valence-electron chi connectivity index (χ0n) is 12.8. The first-order chi connectivity index (χ1) is 8.82. The van der Waals surface area contributed by atoms with Gasteiger partial charge in [-0.05, 0) is 36.1 Å². The molecule has 0 radical (unpaired) electrons. The first-order valence-electron chi connectivity index (χ1n) is 6.81. The van der Waals surface area contributed by atoms with Gasteiger partial charge in [0.05, 0.1) is 0 Å². The number of hydrogen-bond acceptors (Lipinski definition) is 2. The van der Waals surface area contributed by atoms with Gasteiger partial charge in [0.1, 0.15) is 0 Å². The summed E-state index contributed by atoms with van der Waals surface area (Å²) in [5.41, 5.74) is 4.38. The van der Waals surface area contributed by atoms with Crippen molar-refractivity contribution in [2.75, 3.05) is 17.3 Å². The molecule has 0 atom stereocenters. The molecule has 0 saturated heterocycles. The number of anilines is 2. The van der Waals surface area contributed by atoms with Crippen LogP contribution in [-0.4, -0.2) is 7.05 Å². The van der Waals surface area contributed by atoms with Crippen molar-refractivity contribution in [1.82, 2.24) is 0 Å². The van der Waals surface area contributed by atoms with Crippen LogP contribution in [0.5, 0.6) is 0 Å². The molecule has 0 aromatic heterocycles. The maximum Gasteiger partial charge on any atom is 0.0407 e. The fourth-order valence-electron chi connectivity index (χ4n) is 1.65. The second kappa shape index (κ2) is 6.46. The van der Waals surface area contributed by atoms with Crippen molar-refractivity contribution in [2.45, 2.75) is 27.7 Å². The van der Waals surface area contributed by atoms with E-state index >= 15 is 0 Å². The maximum absolute atomic E-state index is 4.12. The minimum absolute atomic E-state index is 0.433. The van der Waals surface area contributed by atoms with Crippen LogP contribution >= 0.6 is 0 Å². The van der Waals surface area contributed by atoms with Gasteiger partial charge in [-0.2, -0.15) is 0 Å². The predicted molar refractivity (Wildman–Crippen MR) is 86.4 cm³/mol. The van der Waals surface area contributed by atoms with Gasteiger partial charge in [0, 0.05) is 29.8 Å². The summed E-state index contributed by atoms with van der Waals surface area (Å²) < 4.78 is 0. The van der Waals surface area contributed by atoms with E-state index in [0.717, 1.165) is 22.8 Å². The molecule has 104 valence electrons. The number of allylic oxidation sites excluding steroid dienone is 2. The lowest BCUT2D eigenvalue weighted by Crippen LogP contribution is -2.19. The van der Waals surface area contributed by atoms with Crippen molar-refractivity contribution in [3.63, 3.8) is 0 Å². The highest BCUT2D eigenvalue weighted by molar-refractivity contribution is 5.58. The Bertz CT molecular complexity index is 441. The fourth-order valence-corrected chi connectivity index (χ4v) is 1.65. The van der Waals surface area contributed by atoms with Gasteiger partial charge in [-0.15, -0.1) is 0 Å². The van der Waals surface area contributed by atoms with Crippen molar-refractivity contribution >= 4 is 11.4 Å². The molecule has 1 N–H and O–H groups in total. The summed E-state index contributed by atoms with van der Waals surface area (Å²) in [5.74, 6) is 0.881. The SMILES string of the molecule is C=C(Nc1ccc(N(C)C(=C)C(C)C)cc1)C(C)C. The third-order valence-corrected chi connectivity index (χ3v) is 3.35. The van der Waals surface area contributed by atoms with Crippen molar-refractivity contribution < 1.29 is 0 Å². The van der Waals surface area contributed by atoms with Crippen LogP contribution in [0.3, 0.4) is 0 Å². The Labute approximate surface area is 117 Å². The topological polar surface area (TPSA) is 15.3 Å². The Hall–Kier alpha value is -1.70. The second-order valence-electron chi connectivity index (χ2n) is 5.56. The molecule has 1 aromatic rings. The van der Waals surface area contributed by atoms with Crippen molar-refractivity contribution in [2.24, 2.45) is 11.8 Å². The van der Waals surface area contributed by atoms with Crippen LogP contribution in [0.25, 0.3) is 0 Å². The first-order valence-corrected chi connectivity index (χ1v) is 6.81. The van der Waals surface area contributed by atoms with Crippen molar-refractivity contribution in [1.29, 1.82) is 0 Å². The molecule has 0 aliphatic heterocycles. The van der Waals surface area contributed by atoms with E-state index in [9.17, 15) is 0 Å². The lowest BCUT2D eigenvalue weighted by atomic mass is 10.1. The van der Waals surface area contributed by atoms with Crippen LogP contribution in [0.4, 0.5) is 11.4 Å². The summed E-state index contributed by atoms with van der Waals surface area (Å²) in [6, 6.07) is 8.35. The van der Waals surface area contributed by atoms with E-state index in [2.05, 4.69) is 82.4 Å². The third-order valence-electron chi connectivity index (χ3n) is 3.35. The summed E-state index contributed by atoms with van der Waals surface area (Å²) in [4.78, 5) is 2.13. The summed E-state index contributed by atoms with van der Waals surface area (Å²) in [5, 5.41) is 3.32. The lowest BCUT2D eigenvalue weighted by Gasteiger charge is -2.25. The minimum atomic E-state index is 0.433. The fraction of sp³-hybridized carbons (Fsp3) is 0.412. The highest BCUT2D eigenvalue weighted by Gasteiger charge is 2.08. The van der Waals surface area contributed by atoms with Gasteiger partial charge in [-0.25, -0.2) is 0 Å². The third kappa shape index (κ3) is 4.16. The standard InChI is InChI=1S/C17H26N2/c1-12(2)14(5)18-16-8-10-17(11-9-16)19(7)15(6)13(3)4/h8-13,18H,5-6H2,1-4,7H3. The average molecular weight is 258 g/mol. The van der Waals surface area contributed by atoms with Gasteiger partial charge in [-0.3, -0.25) is 0 Å². The molecule has 0 bridgehead atoms. The van der Waals surface area contributed by atoms with Crippen LogP contribution in [0.15, 0.2) is 48.8 Å². The van der Waals surface area contributed by atoms with Crippen LogP contribution < -0.4 is 10.2 Å². The van der Waals surface area contributed by atoms with E-state index in [1.165, 1.54) is 0 Å². The molecule has 2 heteroatoms. The van der Waals surface area contributed by atoms with Gasteiger partial charge in [0.2, 0.25) is 0 Å². The van der Waals surface area contributed by atoms with Crippen molar-refractivity contribution in [3.05, 3.63) is 48.8 Å². The molecule has 0 heterocycles. The summed E-state index contributed by atoms with van der Waals surface area (Å²) in [7, 11) is 2.05. The first kappa shape index (κ1) is 15.4. The summed E-state index contributed by atoms with van der Waals surface area (Å²) in [6.45, 7) is 16.7. The predicted octanol–water partition coefficient (Wildman–Crippen LogP) is 4.87. The maximum atomic E-state index is 4.12. The Kier molecular flexibility index (Phi) is 5.22. The Morgan fingerprint density at radius 3 is 1.95 bits per heavy atom. The van der Waals surface area contributed by atoms with Crippen LogP contribution in [-0.2, 0) is 0 Å². The van der Waals surface area contributed by atoms with E-state index in [0.29, 0.717) is 11.8 Å². The molecule has 0 amide bonds. The van der Waals surface area contributed by atoms with Gasteiger partial charge in [-0.1, -0.05) is 40.9 Å². The molecular formula is C17H26N2. The quantitative estimate of drug-likeness (QED) is 0.782. The zero-order valence-corrected chi connectivity index (χ0v) is 12.8. The van der Waals surface area contributed by atoms with E-state index in [4.69, 9.17) is 0 Å². The molecular weight excluding hydrogens is 232 g/mol. The number of hydrogen-bond donors (Lipinski definition) is 1. The van der Waals surface area contributed by atoms with Gasteiger partial charge < -0.3 is 10.2 Å². The van der Waals surface area contributed by atoms with Crippen LogP contribution in [0, 0.1) is 11.8 Å². The van der Waals surface area contributed by atoms with Gasteiger partial charge >= 0.3 is 0 Å². The van der Waals surface area contributed by atoms with E-state index in [1.54, 1.807) is 0 Å². The Morgan fingerprint density at radius 1 is 1.00 bits per heavy atom. The number of nitrogens with zero attached hydrogens (tertiary/aromatic N) is 1. The van der Waals surface area contributed by atoms with Crippen molar-refractivity contribution in [3.8, 4) is 0 Å². The molecule has 0 aliphatic rings. The lowest BCUT2D eigenvalue weighted by molar-refractivity contribution is 0.738. The van der Waals surface area contributed by atoms with Gasteiger partial charge in [0.15, 0.2) is 0 Å². The Balaban J connectivity index is 2.76. The molecule has 0 aliphatic carbocycles. The molecule has 2 nitrogen and oxygen atoms in total. The van der Waals surface area contributed by atoms with E-state index < -0.39 is 0 Å². The van der Waals surface area contributed by atoms with E-state index in [1.807, 2.05) is 0 Å². The molecule has 0 spiro atoms. The van der Waals surface area contributed by atoms with Gasteiger partial charge in [0.25, 0.3) is 0 Å². The summed E-state index contributed by atoms with van der Waals surface area (Å²) >= 11 is 0. The number of rotatable bonds is 6. The minimum Gasteiger partial charge on any atom is -0.359 e. The highest BCUT2D eigenvalue weighted by Crippen LogP contribution is 2.23. The van der Waals surface area contributed by atoms with E-state index in [-0.39, 0.29) is 0 Å². The number of benzene rings is 1. The number of nitrogens with one attached hydrogen (secondary N) is 1. The smallest absolute Gasteiger partial charge is 0.0407 e. The Morgan fingerprint density at radius 2 is 1.53 bits per heavy atom. The highest BCUT2D eigenvalue weighted by atomic mass is 15.1. The normalized spacial score (nSPS) is 10.7. The van der Waals surface area contributed by atoms with Crippen LogP contribution in [0.2, 0.25) is 0 Å². The largest absolute Gasteiger partial charge is 0.359 e. The molecule has 0 unspecified atom stereocenters. The summed E-state index contributed by atoms with van der Waals surface area (Å²) in [6.07, 6.45) is 0. The molecule has 19 heavy (non-hydrogen) atoms. The molecule has 1 rings (SSSR count). The average Bonchev–Trinajstić information content (AvgIpc) is 2.37. The monoisotopic (exact) mass is 258 g/mol. The zero-order chi connectivity index (χ0) is 14.6. The molecule has 1 aromatic carbocycles.